The highest BCUT2D eigenvalue weighted by Crippen LogP contribution is 2.26. The Balaban J connectivity index is 2.90. The predicted molar refractivity (Wildman–Crippen MR) is 56.4 cm³/mol. The van der Waals surface area contributed by atoms with E-state index >= 15 is 0 Å². The fourth-order valence-electron chi connectivity index (χ4n) is 1.17. The van der Waals surface area contributed by atoms with Gasteiger partial charge in [-0.1, -0.05) is 16.7 Å². The Hall–Kier alpha value is -1.33. The van der Waals surface area contributed by atoms with Gasteiger partial charge in [-0.3, -0.25) is 0 Å². The van der Waals surface area contributed by atoms with Crippen LogP contribution in [0.15, 0.2) is 23.3 Å². The molecule has 0 radical (unpaired) electrons. The van der Waals surface area contributed by atoms with Crippen LogP contribution in [0.2, 0.25) is 5.02 Å². The van der Waals surface area contributed by atoms with Gasteiger partial charge in [0.15, 0.2) is 0 Å². The van der Waals surface area contributed by atoms with Crippen molar-refractivity contribution in [3.63, 3.8) is 0 Å². The summed E-state index contributed by atoms with van der Waals surface area (Å²) < 4.78 is 12.9. The lowest BCUT2D eigenvalue weighted by Gasteiger charge is -2.17. The summed E-state index contributed by atoms with van der Waals surface area (Å²) in [7, 11) is 0. The van der Waals surface area contributed by atoms with Crippen LogP contribution >= 0.6 is 11.6 Å². The number of halogens is 2. The van der Waals surface area contributed by atoms with E-state index in [1.807, 2.05) is 0 Å². The molecule has 0 aliphatic heterocycles. The Kier molecular flexibility index (Phi) is 4.52. The molecule has 1 aromatic rings. The summed E-state index contributed by atoms with van der Waals surface area (Å²) in [5.74, 6) is -0.575. The van der Waals surface area contributed by atoms with Crippen molar-refractivity contribution < 1.29 is 14.6 Å². The maximum absolute atomic E-state index is 12.9. The van der Waals surface area contributed by atoms with E-state index in [2.05, 4.69) is 10.0 Å². The SMILES string of the molecule is [N-]=[N+]=NCC(O)C(O)c1cc(F)ccc1Cl. The van der Waals surface area contributed by atoms with E-state index in [1.165, 1.54) is 6.07 Å². The zero-order valence-electron chi connectivity index (χ0n) is 8.09. The van der Waals surface area contributed by atoms with Crippen molar-refractivity contribution in [1.29, 1.82) is 0 Å². The second-order valence-electron chi connectivity index (χ2n) is 3.09. The van der Waals surface area contributed by atoms with Crippen LogP contribution in [0.1, 0.15) is 11.7 Å². The van der Waals surface area contributed by atoms with Gasteiger partial charge in [0.25, 0.3) is 0 Å². The van der Waals surface area contributed by atoms with Crippen molar-refractivity contribution in [1.82, 2.24) is 0 Å². The Bertz CT molecular complexity index is 423. The molecule has 0 bridgehead atoms. The van der Waals surface area contributed by atoms with E-state index in [1.54, 1.807) is 0 Å². The number of aliphatic hydroxyl groups is 2. The molecule has 1 rings (SSSR count). The summed E-state index contributed by atoms with van der Waals surface area (Å²) in [5.41, 5.74) is 8.10. The van der Waals surface area contributed by atoms with Crippen LogP contribution in [0.5, 0.6) is 0 Å². The van der Waals surface area contributed by atoms with E-state index < -0.39 is 18.0 Å². The van der Waals surface area contributed by atoms with Gasteiger partial charge in [0.1, 0.15) is 11.9 Å². The zero-order chi connectivity index (χ0) is 12.1. The molecule has 0 aromatic heterocycles. The number of benzene rings is 1. The van der Waals surface area contributed by atoms with Crippen molar-refractivity contribution in [2.24, 2.45) is 5.11 Å². The molecule has 1 aromatic carbocycles. The van der Waals surface area contributed by atoms with Crippen molar-refractivity contribution in [2.75, 3.05) is 6.54 Å². The highest BCUT2D eigenvalue weighted by atomic mass is 35.5. The molecule has 2 N–H and O–H groups in total. The minimum Gasteiger partial charge on any atom is -0.390 e. The molecule has 86 valence electrons. The maximum atomic E-state index is 12.9. The van der Waals surface area contributed by atoms with Crippen LogP contribution in [-0.4, -0.2) is 22.9 Å². The highest BCUT2D eigenvalue weighted by molar-refractivity contribution is 6.31. The van der Waals surface area contributed by atoms with E-state index in [0.29, 0.717) is 0 Å². The van der Waals surface area contributed by atoms with E-state index in [9.17, 15) is 14.6 Å². The van der Waals surface area contributed by atoms with Gasteiger partial charge in [-0.25, -0.2) is 4.39 Å². The highest BCUT2D eigenvalue weighted by Gasteiger charge is 2.20. The Morgan fingerprint density at radius 2 is 2.19 bits per heavy atom. The number of nitrogens with zero attached hydrogens (tertiary/aromatic N) is 3. The minimum atomic E-state index is -1.39. The fraction of sp³-hybridized carbons (Fsp3) is 0.333. The molecule has 7 heteroatoms. The lowest BCUT2D eigenvalue weighted by molar-refractivity contribution is 0.0243. The van der Waals surface area contributed by atoms with Crippen LogP contribution in [0.3, 0.4) is 0 Å². The third kappa shape index (κ3) is 3.08. The second-order valence-corrected chi connectivity index (χ2v) is 3.50. The molecule has 0 aliphatic carbocycles. The second kappa shape index (κ2) is 5.67. The zero-order valence-corrected chi connectivity index (χ0v) is 8.84. The van der Waals surface area contributed by atoms with Crippen LogP contribution in [0, 0.1) is 5.82 Å². The van der Waals surface area contributed by atoms with Gasteiger partial charge in [-0.15, -0.1) is 0 Å². The van der Waals surface area contributed by atoms with Gasteiger partial charge in [-0.2, -0.15) is 0 Å². The lowest BCUT2D eigenvalue weighted by atomic mass is 10.0. The Morgan fingerprint density at radius 3 is 2.81 bits per heavy atom. The first-order chi connectivity index (χ1) is 7.56. The normalized spacial score (nSPS) is 14.0. The van der Waals surface area contributed by atoms with Crippen LogP contribution < -0.4 is 0 Å². The molecule has 0 spiro atoms. The number of hydrogen-bond acceptors (Lipinski definition) is 3. The Labute approximate surface area is 95.7 Å². The summed E-state index contributed by atoms with van der Waals surface area (Å²) in [6.45, 7) is -0.315. The van der Waals surface area contributed by atoms with Crippen LogP contribution in [0.25, 0.3) is 10.4 Å². The van der Waals surface area contributed by atoms with Gasteiger partial charge < -0.3 is 10.2 Å². The van der Waals surface area contributed by atoms with Gasteiger partial charge in [0.2, 0.25) is 0 Å². The number of hydrogen-bond donors (Lipinski definition) is 2. The Morgan fingerprint density at radius 1 is 1.50 bits per heavy atom. The van der Waals surface area contributed by atoms with Crippen molar-refractivity contribution in [3.8, 4) is 0 Å². The first-order valence-electron chi connectivity index (χ1n) is 4.38. The number of rotatable bonds is 4. The quantitative estimate of drug-likeness (QED) is 0.484. The predicted octanol–water partition coefficient (Wildman–Crippen LogP) is 2.18. The molecule has 5 nitrogen and oxygen atoms in total. The molecule has 0 aliphatic rings. The molecule has 2 unspecified atom stereocenters. The average molecular weight is 246 g/mol. The molecular formula is C9H9ClFN3O2. The first kappa shape index (κ1) is 12.7. The standard InChI is InChI=1S/C9H9ClFN3O2/c10-7-2-1-5(11)3-6(7)9(16)8(15)4-13-14-12/h1-3,8-9,15-16H,4H2. The fourth-order valence-corrected chi connectivity index (χ4v) is 1.40. The molecule has 0 saturated heterocycles. The van der Waals surface area contributed by atoms with E-state index in [4.69, 9.17) is 17.1 Å². The minimum absolute atomic E-state index is 0.0577. The average Bonchev–Trinajstić information content (AvgIpc) is 2.28. The molecule has 0 amide bonds. The van der Waals surface area contributed by atoms with Gasteiger partial charge in [0, 0.05) is 15.5 Å². The maximum Gasteiger partial charge on any atom is 0.123 e. The van der Waals surface area contributed by atoms with Gasteiger partial charge >= 0.3 is 0 Å². The molecule has 2 atom stereocenters. The van der Waals surface area contributed by atoms with E-state index in [0.717, 1.165) is 12.1 Å². The van der Waals surface area contributed by atoms with Crippen LogP contribution in [-0.2, 0) is 0 Å². The van der Waals surface area contributed by atoms with Crippen LogP contribution in [0.4, 0.5) is 4.39 Å². The first-order valence-corrected chi connectivity index (χ1v) is 4.76. The summed E-state index contributed by atoms with van der Waals surface area (Å²) >= 11 is 5.73. The molecule has 0 fully saturated rings. The third-order valence-corrected chi connectivity index (χ3v) is 2.32. The van der Waals surface area contributed by atoms with Crippen molar-refractivity contribution in [3.05, 3.63) is 45.0 Å². The number of azide groups is 1. The van der Waals surface area contributed by atoms with E-state index in [-0.39, 0.29) is 17.1 Å². The summed E-state index contributed by atoms with van der Waals surface area (Å²) in [6.07, 6.45) is -2.72. The molecule has 0 saturated carbocycles. The topological polar surface area (TPSA) is 89.2 Å². The summed E-state index contributed by atoms with van der Waals surface area (Å²) in [6, 6.07) is 3.43. The smallest absolute Gasteiger partial charge is 0.123 e. The van der Waals surface area contributed by atoms with Gasteiger partial charge in [-0.05, 0) is 23.7 Å². The number of aliphatic hydroxyl groups excluding tert-OH is 2. The largest absolute Gasteiger partial charge is 0.390 e. The third-order valence-electron chi connectivity index (χ3n) is 1.97. The van der Waals surface area contributed by atoms with Crippen molar-refractivity contribution in [2.45, 2.75) is 12.2 Å². The molecule has 16 heavy (non-hydrogen) atoms. The summed E-state index contributed by atoms with van der Waals surface area (Å²) in [4.78, 5) is 2.44. The van der Waals surface area contributed by atoms with Crippen molar-refractivity contribution >= 4 is 11.6 Å². The van der Waals surface area contributed by atoms with Gasteiger partial charge in [0.05, 0.1) is 12.6 Å². The summed E-state index contributed by atoms with van der Waals surface area (Å²) in [5, 5.41) is 22.3. The monoisotopic (exact) mass is 245 g/mol. The lowest BCUT2D eigenvalue weighted by Crippen LogP contribution is -2.21. The molecular weight excluding hydrogens is 237 g/mol. The molecule has 0 heterocycles.